The predicted molar refractivity (Wildman–Crippen MR) is 116 cm³/mol. The Kier molecular flexibility index (Phi) is 6.79. The van der Waals surface area contributed by atoms with Crippen LogP contribution < -0.4 is 15.4 Å². The highest BCUT2D eigenvalue weighted by atomic mass is 16.5. The van der Waals surface area contributed by atoms with E-state index >= 15 is 0 Å². The van der Waals surface area contributed by atoms with Gasteiger partial charge in [-0.15, -0.1) is 0 Å². The summed E-state index contributed by atoms with van der Waals surface area (Å²) in [4.78, 5) is 21.2. The van der Waals surface area contributed by atoms with Crippen LogP contribution in [0.4, 0.5) is 11.6 Å². The summed E-state index contributed by atoms with van der Waals surface area (Å²) in [5.41, 5.74) is 3.40. The molecule has 3 aromatic rings. The van der Waals surface area contributed by atoms with E-state index in [1.54, 1.807) is 19.4 Å². The number of hydrogen-bond acceptors (Lipinski definition) is 5. The topological polar surface area (TPSA) is 76.1 Å². The zero-order chi connectivity index (χ0) is 20.6. The maximum absolute atomic E-state index is 12.7. The highest BCUT2D eigenvalue weighted by molar-refractivity contribution is 6.03. The minimum atomic E-state index is -0.251. The molecular formula is C23H26N4O2. The lowest BCUT2D eigenvalue weighted by Crippen LogP contribution is -2.17. The van der Waals surface area contributed by atoms with Crippen molar-refractivity contribution in [2.45, 2.75) is 26.2 Å². The van der Waals surface area contributed by atoms with Crippen molar-refractivity contribution in [3.63, 3.8) is 0 Å². The Morgan fingerprint density at radius 3 is 2.55 bits per heavy atom. The minimum Gasteiger partial charge on any atom is -0.497 e. The van der Waals surface area contributed by atoms with E-state index < -0.39 is 0 Å². The third kappa shape index (κ3) is 5.54. The van der Waals surface area contributed by atoms with Gasteiger partial charge >= 0.3 is 0 Å². The molecule has 0 spiro atoms. The number of ether oxygens (including phenoxy) is 1. The summed E-state index contributed by atoms with van der Waals surface area (Å²) in [6, 6.07) is 17.3. The molecule has 0 aliphatic heterocycles. The molecule has 1 aromatic heterocycles. The van der Waals surface area contributed by atoms with Crippen LogP contribution in [0.15, 0.2) is 60.8 Å². The SMILES string of the molecule is COc1ccc(CCNc2nccc(C(=O)Nc3ccccc3C(C)C)n2)cc1. The number of nitrogens with zero attached hydrogens (tertiary/aromatic N) is 2. The van der Waals surface area contributed by atoms with Crippen molar-refractivity contribution in [3.05, 3.63) is 77.6 Å². The normalized spacial score (nSPS) is 10.6. The molecular weight excluding hydrogens is 364 g/mol. The summed E-state index contributed by atoms with van der Waals surface area (Å²) >= 11 is 0. The molecule has 29 heavy (non-hydrogen) atoms. The van der Waals surface area contributed by atoms with Crippen molar-refractivity contribution in [3.8, 4) is 5.75 Å². The second-order valence-electron chi connectivity index (χ2n) is 6.99. The maximum atomic E-state index is 12.7. The monoisotopic (exact) mass is 390 g/mol. The van der Waals surface area contributed by atoms with Crippen molar-refractivity contribution in [1.29, 1.82) is 0 Å². The number of para-hydroxylation sites is 1. The quantitative estimate of drug-likeness (QED) is 0.592. The Balaban J connectivity index is 1.60. The number of rotatable bonds is 8. The van der Waals surface area contributed by atoms with Gasteiger partial charge in [0.1, 0.15) is 11.4 Å². The smallest absolute Gasteiger partial charge is 0.274 e. The molecule has 0 unspecified atom stereocenters. The predicted octanol–water partition coefficient (Wildman–Crippen LogP) is 4.52. The summed E-state index contributed by atoms with van der Waals surface area (Å²) in [7, 11) is 1.65. The third-order valence-electron chi connectivity index (χ3n) is 4.58. The van der Waals surface area contributed by atoms with Crippen LogP contribution in [-0.2, 0) is 6.42 Å². The Morgan fingerprint density at radius 2 is 1.83 bits per heavy atom. The van der Waals surface area contributed by atoms with Gasteiger partial charge in [0.15, 0.2) is 0 Å². The van der Waals surface area contributed by atoms with Crippen LogP contribution in [-0.4, -0.2) is 29.5 Å². The molecule has 1 amide bonds. The van der Waals surface area contributed by atoms with E-state index in [9.17, 15) is 4.79 Å². The van der Waals surface area contributed by atoms with Gasteiger partial charge in [0.2, 0.25) is 5.95 Å². The first-order chi connectivity index (χ1) is 14.1. The molecule has 0 atom stereocenters. The van der Waals surface area contributed by atoms with Gasteiger partial charge in [-0.1, -0.05) is 44.2 Å². The van der Waals surface area contributed by atoms with Crippen LogP contribution >= 0.6 is 0 Å². The average molecular weight is 390 g/mol. The van der Waals surface area contributed by atoms with Crippen molar-refractivity contribution < 1.29 is 9.53 Å². The van der Waals surface area contributed by atoms with Crippen LogP contribution in [0.5, 0.6) is 5.75 Å². The van der Waals surface area contributed by atoms with E-state index in [1.165, 1.54) is 5.56 Å². The van der Waals surface area contributed by atoms with E-state index in [4.69, 9.17) is 4.74 Å². The number of carbonyl (C=O) groups is 1. The number of benzene rings is 2. The van der Waals surface area contributed by atoms with Gasteiger partial charge in [0.05, 0.1) is 7.11 Å². The molecule has 1 heterocycles. The highest BCUT2D eigenvalue weighted by Gasteiger charge is 2.12. The number of anilines is 2. The zero-order valence-electron chi connectivity index (χ0n) is 17.0. The molecule has 2 aromatic carbocycles. The van der Waals surface area contributed by atoms with Crippen molar-refractivity contribution >= 4 is 17.5 Å². The number of aromatic nitrogens is 2. The van der Waals surface area contributed by atoms with Gasteiger partial charge in [-0.05, 0) is 47.7 Å². The fourth-order valence-electron chi connectivity index (χ4n) is 2.98. The van der Waals surface area contributed by atoms with Crippen molar-refractivity contribution in [1.82, 2.24) is 9.97 Å². The fraction of sp³-hybridized carbons (Fsp3) is 0.261. The summed E-state index contributed by atoms with van der Waals surface area (Å²) in [6.45, 7) is 4.86. The zero-order valence-corrected chi connectivity index (χ0v) is 17.0. The molecule has 3 rings (SSSR count). The van der Waals surface area contributed by atoms with E-state index in [2.05, 4.69) is 34.4 Å². The van der Waals surface area contributed by atoms with Crippen LogP contribution in [0.3, 0.4) is 0 Å². The van der Waals surface area contributed by atoms with Gasteiger partial charge < -0.3 is 15.4 Å². The molecule has 6 heteroatoms. The van der Waals surface area contributed by atoms with Crippen molar-refractivity contribution in [2.75, 3.05) is 24.3 Å². The van der Waals surface area contributed by atoms with Gasteiger partial charge in [0.25, 0.3) is 5.91 Å². The molecule has 0 aliphatic carbocycles. The summed E-state index contributed by atoms with van der Waals surface area (Å²) in [5, 5.41) is 6.14. The molecule has 6 nitrogen and oxygen atoms in total. The number of hydrogen-bond donors (Lipinski definition) is 2. The second kappa shape index (κ2) is 9.68. The van der Waals surface area contributed by atoms with Crippen LogP contribution in [0, 0.1) is 0 Å². The molecule has 150 valence electrons. The van der Waals surface area contributed by atoms with Gasteiger partial charge in [-0.3, -0.25) is 4.79 Å². The summed E-state index contributed by atoms with van der Waals surface area (Å²) in [6.07, 6.45) is 2.40. The lowest BCUT2D eigenvalue weighted by molar-refractivity contribution is 0.102. The Hall–Kier alpha value is -3.41. The lowest BCUT2D eigenvalue weighted by atomic mass is 10.0. The second-order valence-corrected chi connectivity index (χ2v) is 6.99. The van der Waals surface area contributed by atoms with Gasteiger partial charge in [-0.25, -0.2) is 9.97 Å². The first-order valence-electron chi connectivity index (χ1n) is 9.67. The van der Waals surface area contributed by atoms with Crippen molar-refractivity contribution in [2.24, 2.45) is 0 Å². The number of amides is 1. The van der Waals surface area contributed by atoms with Gasteiger partial charge in [-0.2, -0.15) is 0 Å². The standard InChI is InChI=1S/C23H26N4O2/c1-16(2)19-6-4-5-7-20(19)26-22(28)21-13-15-25-23(27-21)24-14-12-17-8-10-18(29-3)11-9-17/h4-11,13,15-16H,12,14H2,1-3H3,(H,26,28)(H,24,25,27). The molecule has 0 bridgehead atoms. The molecule has 0 saturated carbocycles. The van der Waals surface area contributed by atoms with E-state index in [0.717, 1.165) is 23.4 Å². The average Bonchev–Trinajstić information content (AvgIpc) is 2.74. The molecule has 0 aliphatic rings. The first kappa shape index (κ1) is 20.3. The van der Waals surface area contributed by atoms with E-state index in [0.29, 0.717) is 24.1 Å². The fourth-order valence-corrected chi connectivity index (χ4v) is 2.98. The highest BCUT2D eigenvalue weighted by Crippen LogP contribution is 2.24. The number of nitrogens with one attached hydrogen (secondary N) is 2. The number of carbonyl (C=O) groups excluding carboxylic acids is 1. The van der Waals surface area contributed by atoms with Crippen LogP contribution in [0.2, 0.25) is 0 Å². The third-order valence-corrected chi connectivity index (χ3v) is 4.58. The molecule has 0 fully saturated rings. The molecule has 0 saturated heterocycles. The Bertz CT molecular complexity index is 955. The molecule has 0 radical (unpaired) electrons. The summed E-state index contributed by atoms with van der Waals surface area (Å²) in [5.74, 6) is 1.33. The van der Waals surface area contributed by atoms with Crippen LogP contribution in [0.25, 0.3) is 0 Å². The lowest BCUT2D eigenvalue weighted by Gasteiger charge is -2.13. The van der Waals surface area contributed by atoms with Crippen LogP contribution in [0.1, 0.15) is 41.4 Å². The Morgan fingerprint density at radius 1 is 1.07 bits per heavy atom. The summed E-state index contributed by atoms with van der Waals surface area (Å²) < 4.78 is 5.17. The van der Waals surface area contributed by atoms with Gasteiger partial charge in [0, 0.05) is 18.4 Å². The number of methoxy groups -OCH3 is 1. The first-order valence-corrected chi connectivity index (χ1v) is 9.67. The molecule has 2 N–H and O–H groups in total. The minimum absolute atomic E-state index is 0.251. The largest absolute Gasteiger partial charge is 0.497 e. The Labute approximate surface area is 171 Å². The van der Waals surface area contributed by atoms with E-state index in [1.807, 2.05) is 48.5 Å². The maximum Gasteiger partial charge on any atom is 0.274 e. The van der Waals surface area contributed by atoms with E-state index in [-0.39, 0.29) is 5.91 Å².